The molecular formula is C12H7F2IN2O. The van der Waals surface area contributed by atoms with Gasteiger partial charge in [-0.25, -0.2) is 13.8 Å². The molecule has 1 N–H and O–H groups in total. The summed E-state index contributed by atoms with van der Waals surface area (Å²) in [6.45, 7) is 0. The summed E-state index contributed by atoms with van der Waals surface area (Å²) in [4.78, 5) is 15.7. The molecule has 0 aliphatic rings. The molecule has 1 amide bonds. The average Bonchev–Trinajstić information content (AvgIpc) is 2.35. The highest BCUT2D eigenvalue weighted by Gasteiger charge is 2.15. The van der Waals surface area contributed by atoms with Gasteiger partial charge in [-0.1, -0.05) is 6.07 Å². The van der Waals surface area contributed by atoms with Crippen LogP contribution in [0.1, 0.15) is 10.4 Å². The van der Waals surface area contributed by atoms with E-state index < -0.39 is 17.5 Å². The Labute approximate surface area is 115 Å². The summed E-state index contributed by atoms with van der Waals surface area (Å²) in [5, 5.41) is 2.39. The monoisotopic (exact) mass is 360 g/mol. The lowest BCUT2D eigenvalue weighted by molar-refractivity contribution is 0.102. The maximum atomic E-state index is 13.4. The maximum Gasteiger partial charge on any atom is 0.259 e. The molecule has 0 radical (unpaired) electrons. The number of nitrogens with one attached hydrogen (secondary N) is 1. The van der Waals surface area contributed by atoms with Crippen molar-refractivity contribution in [1.82, 2.24) is 4.98 Å². The molecule has 0 bridgehead atoms. The molecule has 0 fully saturated rings. The Morgan fingerprint density at radius 3 is 2.67 bits per heavy atom. The molecule has 92 valence electrons. The van der Waals surface area contributed by atoms with Crippen LogP contribution >= 0.6 is 22.6 Å². The number of aromatic nitrogens is 1. The Bertz CT molecular complexity index is 587. The Balaban J connectivity index is 2.22. The molecule has 0 atom stereocenters. The number of hydrogen-bond acceptors (Lipinski definition) is 2. The van der Waals surface area contributed by atoms with Crippen LogP contribution in [-0.4, -0.2) is 10.9 Å². The van der Waals surface area contributed by atoms with Crippen LogP contribution in [0.4, 0.5) is 14.6 Å². The third-order valence-corrected chi connectivity index (χ3v) is 2.80. The van der Waals surface area contributed by atoms with Gasteiger partial charge in [-0.15, -0.1) is 0 Å². The first-order chi connectivity index (χ1) is 8.58. The second kappa shape index (κ2) is 5.38. The van der Waals surface area contributed by atoms with Crippen molar-refractivity contribution < 1.29 is 13.6 Å². The van der Waals surface area contributed by atoms with Gasteiger partial charge in [-0.05, 0) is 46.9 Å². The summed E-state index contributed by atoms with van der Waals surface area (Å²) in [5.41, 5.74) is -0.352. The van der Waals surface area contributed by atoms with Crippen LogP contribution in [0.15, 0.2) is 36.5 Å². The fourth-order valence-electron chi connectivity index (χ4n) is 1.31. The van der Waals surface area contributed by atoms with Gasteiger partial charge in [-0.3, -0.25) is 4.79 Å². The van der Waals surface area contributed by atoms with Gasteiger partial charge in [0.25, 0.3) is 5.91 Å². The molecule has 6 heteroatoms. The van der Waals surface area contributed by atoms with Crippen LogP contribution in [0, 0.1) is 15.2 Å². The minimum absolute atomic E-state index is 0.282. The van der Waals surface area contributed by atoms with Crippen LogP contribution < -0.4 is 5.32 Å². The zero-order valence-corrected chi connectivity index (χ0v) is 11.1. The van der Waals surface area contributed by atoms with Gasteiger partial charge in [0.15, 0.2) is 11.6 Å². The van der Waals surface area contributed by atoms with Crippen LogP contribution in [0.25, 0.3) is 0 Å². The lowest BCUT2D eigenvalue weighted by Crippen LogP contribution is -2.15. The normalized spacial score (nSPS) is 10.2. The molecule has 3 nitrogen and oxygen atoms in total. The lowest BCUT2D eigenvalue weighted by atomic mass is 10.2. The van der Waals surface area contributed by atoms with Crippen molar-refractivity contribution in [2.45, 2.75) is 0 Å². The number of halogens is 3. The van der Waals surface area contributed by atoms with Crippen molar-refractivity contribution >= 4 is 34.3 Å². The Kier molecular flexibility index (Phi) is 3.85. The van der Waals surface area contributed by atoms with Gasteiger partial charge in [0.05, 0.1) is 5.56 Å². The highest BCUT2D eigenvalue weighted by atomic mass is 127. The third kappa shape index (κ3) is 2.81. The van der Waals surface area contributed by atoms with Gasteiger partial charge in [-0.2, -0.15) is 0 Å². The fourth-order valence-corrected chi connectivity index (χ4v) is 1.63. The Morgan fingerprint density at radius 2 is 2.00 bits per heavy atom. The van der Waals surface area contributed by atoms with E-state index in [1.54, 1.807) is 18.3 Å². The van der Waals surface area contributed by atoms with E-state index >= 15 is 0 Å². The topological polar surface area (TPSA) is 42.0 Å². The van der Waals surface area contributed by atoms with Crippen molar-refractivity contribution in [2.24, 2.45) is 0 Å². The molecule has 1 aromatic heterocycles. The predicted octanol–water partition coefficient (Wildman–Crippen LogP) is 3.22. The van der Waals surface area contributed by atoms with E-state index in [9.17, 15) is 13.6 Å². The Morgan fingerprint density at radius 1 is 1.22 bits per heavy atom. The summed E-state index contributed by atoms with van der Waals surface area (Å²) in [6, 6.07) is 6.76. The largest absolute Gasteiger partial charge is 0.306 e. The number of anilines is 1. The number of amides is 1. The molecule has 0 spiro atoms. The SMILES string of the molecule is O=C(Nc1ccc(I)cn1)c1cccc(F)c1F. The minimum Gasteiger partial charge on any atom is -0.306 e. The molecule has 0 saturated carbocycles. The first-order valence-corrected chi connectivity index (χ1v) is 6.03. The van der Waals surface area contributed by atoms with E-state index in [2.05, 4.69) is 32.9 Å². The van der Waals surface area contributed by atoms with E-state index in [1.807, 2.05) is 0 Å². The second-order valence-electron chi connectivity index (χ2n) is 3.42. The van der Waals surface area contributed by atoms with Crippen LogP contribution in [0.5, 0.6) is 0 Å². The maximum absolute atomic E-state index is 13.4. The molecule has 18 heavy (non-hydrogen) atoms. The molecular weight excluding hydrogens is 353 g/mol. The van der Waals surface area contributed by atoms with Crippen LogP contribution in [0.3, 0.4) is 0 Å². The van der Waals surface area contributed by atoms with Crippen molar-refractivity contribution in [2.75, 3.05) is 5.32 Å². The third-order valence-electron chi connectivity index (χ3n) is 2.17. The zero-order valence-electron chi connectivity index (χ0n) is 8.95. The number of carbonyl (C=O) groups excluding carboxylic acids is 1. The van der Waals surface area contributed by atoms with Gasteiger partial charge >= 0.3 is 0 Å². The first kappa shape index (κ1) is 12.9. The fraction of sp³-hybridized carbons (Fsp3) is 0. The van der Waals surface area contributed by atoms with E-state index in [-0.39, 0.29) is 11.4 Å². The molecule has 0 aliphatic carbocycles. The van der Waals surface area contributed by atoms with E-state index in [0.29, 0.717) is 0 Å². The standard InChI is InChI=1S/C12H7F2IN2O/c13-9-3-1-2-8(11(9)14)12(18)17-10-5-4-7(15)6-16-10/h1-6H,(H,16,17,18). The zero-order chi connectivity index (χ0) is 13.1. The minimum atomic E-state index is -1.17. The molecule has 0 unspecified atom stereocenters. The quantitative estimate of drug-likeness (QED) is 0.836. The van der Waals surface area contributed by atoms with Gasteiger partial charge < -0.3 is 5.32 Å². The highest BCUT2D eigenvalue weighted by Crippen LogP contribution is 2.14. The number of nitrogens with zero attached hydrogens (tertiary/aromatic N) is 1. The summed E-state index contributed by atoms with van der Waals surface area (Å²) in [6.07, 6.45) is 1.55. The van der Waals surface area contributed by atoms with Crippen LogP contribution in [0.2, 0.25) is 0 Å². The number of hydrogen-bond donors (Lipinski definition) is 1. The average molecular weight is 360 g/mol. The predicted molar refractivity (Wildman–Crippen MR) is 71.3 cm³/mol. The second-order valence-corrected chi connectivity index (χ2v) is 4.66. The summed E-state index contributed by atoms with van der Waals surface area (Å²) in [7, 11) is 0. The van der Waals surface area contributed by atoms with Crippen molar-refractivity contribution in [3.05, 3.63) is 57.3 Å². The van der Waals surface area contributed by atoms with E-state index in [1.165, 1.54) is 12.1 Å². The van der Waals surface area contributed by atoms with E-state index in [4.69, 9.17) is 0 Å². The molecule has 0 saturated heterocycles. The molecule has 2 aromatic rings. The first-order valence-electron chi connectivity index (χ1n) is 4.95. The number of carbonyl (C=O) groups is 1. The smallest absolute Gasteiger partial charge is 0.259 e. The van der Waals surface area contributed by atoms with Gasteiger partial charge in [0, 0.05) is 9.77 Å². The Hall–Kier alpha value is -1.57. The summed E-state index contributed by atoms with van der Waals surface area (Å²) < 4.78 is 27.2. The van der Waals surface area contributed by atoms with E-state index in [0.717, 1.165) is 9.64 Å². The highest BCUT2D eigenvalue weighted by molar-refractivity contribution is 14.1. The lowest BCUT2D eigenvalue weighted by Gasteiger charge is -2.05. The van der Waals surface area contributed by atoms with Crippen molar-refractivity contribution in [3.8, 4) is 0 Å². The number of pyridine rings is 1. The molecule has 1 heterocycles. The van der Waals surface area contributed by atoms with Crippen molar-refractivity contribution in [3.63, 3.8) is 0 Å². The summed E-state index contributed by atoms with van der Waals surface area (Å²) >= 11 is 2.07. The number of rotatable bonds is 2. The molecule has 0 aliphatic heterocycles. The number of benzene rings is 1. The molecule has 2 rings (SSSR count). The summed E-state index contributed by atoms with van der Waals surface area (Å²) in [5.74, 6) is -2.68. The molecule has 1 aromatic carbocycles. The van der Waals surface area contributed by atoms with Crippen molar-refractivity contribution in [1.29, 1.82) is 0 Å². The van der Waals surface area contributed by atoms with Gasteiger partial charge in [0.2, 0.25) is 0 Å². The van der Waals surface area contributed by atoms with Crippen LogP contribution in [-0.2, 0) is 0 Å². The van der Waals surface area contributed by atoms with Gasteiger partial charge in [0.1, 0.15) is 5.82 Å².